The van der Waals surface area contributed by atoms with Gasteiger partial charge in [-0.05, 0) is 54.4 Å². The molecule has 1 heterocycles. The molecule has 0 radical (unpaired) electrons. The maximum Gasteiger partial charge on any atom is 0.336 e. The SMILES string of the molecule is COc1ccc(C(=O)/C(Cc2ccc(C)cc2)=C(\C(=O)O)c2ccc3c(c2)OCO3)cc1. The molecule has 6 heteroatoms. The van der Waals surface area contributed by atoms with Crippen molar-refractivity contribution in [3.63, 3.8) is 0 Å². The zero-order chi connectivity index (χ0) is 22.7. The molecule has 0 saturated heterocycles. The van der Waals surface area contributed by atoms with Crippen molar-refractivity contribution in [2.24, 2.45) is 0 Å². The predicted molar refractivity (Wildman–Crippen MR) is 119 cm³/mol. The van der Waals surface area contributed by atoms with Crippen LogP contribution < -0.4 is 14.2 Å². The van der Waals surface area contributed by atoms with Gasteiger partial charge in [0.05, 0.1) is 12.7 Å². The van der Waals surface area contributed by atoms with Gasteiger partial charge >= 0.3 is 5.97 Å². The maximum absolute atomic E-state index is 13.6. The average Bonchev–Trinajstić information content (AvgIpc) is 3.27. The third-order valence-electron chi connectivity index (χ3n) is 5.30. The van der Waals surface area contributed by atoms with Crippen LogP contribution in [-0.2, 0) is 11.2 Å². The number of carboxylic acids is 1. The fourth-order valence-electron chi connectivity index (χ4n) is 3.59. The molecule has 4 rings (SSSR count). The van der Waals surface area contributed by atoms with Crippen molar-refractivity contribution in [1.82, 2.24) is 0 Å². The largest absolute Gasteiger partial charge is 0.497 e. The molecule has 1 aliphatic rings. The van der Waals surface area contributed by atoms with Crippen molar-refractivity contribution < 1.29 is 28.9 Å². The smallest absolute Gasteiger partial charge is 0.336 e. The van der Waals surface area contributed by atoms with Crippen LogP contribution in [0.3, 0.4) is 0 Å². The highest BCUT2D eigenvalue weighted by Crippen LogP contribution is 2.36. The third kappa shape index (κ3) is 4.34. The van der Waals surface area contributed by atoms with Gasteiger partial charge in [0.15, 0.2) is 17.3 Å². The standard InChI is InChI=1S/C26H22O6/c1-16-3-5-17(6-4-16)13-21(25(27)18-7-10-20(30-2)11-8-18)24(26(28)29)19-9-12-22-23(14-19)32-15-31-22/h3-12,14H,13,15H2,1-2H3,(H,28,29)/b24-21-. The van der Waals surface area contributed by atoms with Gasteiger partial charge < -0.3 is 19.3 Å². The first-order valence-corrected chi connectivity index (χ1v) is 10.1. The molecular weight excluding hydrogens is 408 g/mol. The molecule has 0 atom stereocenters. The van der Waals surface area contributed by atoms with Crippen molar-refractivity contribution in [3.05, 3.63) is 94.6 Å². The second kappa shape index (κ2) is 8.98. The Kier molecular flexibility index (Phi) is 5.94. The van der Waals surface area contributed by atoms with Crippen molar-refractivity contribution in [2.45, 2.75) is 13.3 Å². The number of carbonyl (C=O) groups is 2. The number of methoxy groups -OCH3 is 1. The van der Waals surface area contributed by atoms with E-state index < -0.39 is 5.97 Å². The summed E-state index contributed by atoms with van der Waals surface area (Å²) in [5.41, 5.74) is 2.80. The molecule has 162 valence electrons. The summed E-state index contributed by atoms with van der Waals surface area (Å²) in [6, 6.07) is 19.2. The summed E-state index contributed by atoms with van der Waals surface area (Å²) in [6.45, 7) is 2.05. The van der Waals surface area contributed by atoms with E-state index in [1.807, 2.05) is 31.2 Å². The van der Waals surface area contributed by atoms with Crippen LogP contribution >= 0.6 is 0 Å². The lowest BCUT2D eigenvalue weighted by Gasteiger charge is -2.14. The van der Waals surface area contributed by atoms with Crippen molar-refractivity contribution in [1.29, 1.82) is 0 Å². The Hall–Kier alpha value is -4.06. The fraction of sp³-hybridized carbons (Fsp3) is 0.154. The number of benzene rings is 3. The number of ether oxygens (including phenoxy) is 3. The van der Waals surface area contributed by atoms with E-state index >= 15 is 0 Å². The minimum Gasteiger partial charge on any atom is -0.497 e. The number of aryl methyl sites for hydroxylation is 1. The molecule has 0 spiro atoms. The van der Waals surface area contributed by atoms with Gasteiger partial charge in [-0.15, -0.1) is 0 Å². The van der Waals surface area contributed by atoms with E-state index in [4.69, 9.17) is 14.2 Å². The average molecular weight is 430 g/mol. The van der Waals surface area contributed by atoms with Crippen LogP contribution in [0.15, 0.2) is 72.3 Å². The Morgan fingerprint density at radius 2 is 1.56 bits per heavy atom. The number of rotatable bonds is 7. The zero-order valence-corrected chi connectivity index (χ0v) is 17.8. The van der Waals surface area contributed by atoms with Gasteiger partial charge in [-0.3, -0.25) is 4.79 Å². The minimum atomic E-state index is -1.19. The summed E-state index contributed by atoms with van der Waals surface area (Å²) in [5.74, 6) is 0.0591. The number of Topliss-reactive ketones (excluding diaryl/α,β-unsaturated/α-hetero) is 1. The second-order valence-electron chi connectivity index (χ2n) is 7.45. The fourth-order valence-corrected chi connectivity index (χ4v) is 3.59. The molecule has 0 fully saturated rings. The summed E-state index contributed by atoms with van der Waals surface area (Å²) in [7, 11) is 1.54. The molecule has 3 aromatic rings. The van der Waals surface area contributed by atoms with Crippen LogP contribution in [-0.4, -0.2) is 30.8 Å². The molecule has 3 aromatic carbocycles. The quantitative estimate of drug-likeness (QED) is 0.432. The summed E-state index contributed by atoms with van der Waals surface area (Å²) in [4.78, 5) is 26.0. The maximum atomic E-state index is 13.6. The molecular formula is C26H22O6. The highest BCUT2D eigenvalue weighted by atomic mass is 16.7. The lowest BCUT2D eigenvalue weighted by Crippen LogP contribution is -2.14. The molecule has 0 aliphatic carbocycles. The summed E-state index contributed by atoms with van der Waals surface area (Å²) in [6.07, 6.45) is 0.168. The monoisotopic (exact) mass is 430 g/mol. The topological polar surface area (TPSA) is 82.1 Å². The van der Waals surface area contributed by atoms with E-state index in [1.165, 1.54) is 0 Å². The number of allylic oxidation sites excluding steroid dienone is 1. The summed E-state index contributed by atoms with van der Waals surface area (Å²) < 4.78 is 15.9. The van der Waals surface area contributed by atoms with Crippen LogP contribution in [0.25, 0.3) is 5.57 Å². The lowest BCUT2D eigenvalue weighted by molar-refractivity contribution is -0.130. The summed E-state index contributed by atoms with van der Waals surface area (Å²) in [5, 5.41) is 10.1. The van der Waals surface area contributed by atoms with Gasteiger partial charge in [-0.25, -0.2) is 4.79 Å². The second-order valence-corrected chi connectivity index (χ2v) is 7.45. The first-order chi connectivity index (χ1) is 15.5. The number of ketones is 1. The molecule has 0 bridgehead atoms. The molecule has 1 N–H and O–H groups in total. The Labute approximate surface area is 185 Å². The molecule has 1 aliphatic heterocycles. The van der Waals surface area contributed by atoms with E-state index in [0.29, 0.717) is 28.4 Å². The highest BCUT2D eigenvalue weighted by molar-refractivity contribution is 6.26. The van der Waals surface area contributed by atoms with Crippen LogP contribution in [0.4, 0.5) is 0 Å². The third-order valence-corrected chi connectivity index (χ3v) is 5.30. The Morgan fingerprint density at radius 3 is 2.22 bits per heavy atom. The first kappa shape index (κ1) is 21.2. The van der Waals surface area contributed by atoms with Gasteiger partial charge in [0.25, 0.3) is 0 Å². The van der Waals surface area contributed by atoms with Crippen molar-refractivity contribution in [2.75, 3.05) is 13.9 Å². The first-order valence-electron chi connectivity index (χ1n) is 10.1. The highest BCUT2D eigenvalue weighted by Gasteiger charge is 2.25. The van der Waals surface area contributed by atoms with Gasteiger partial charge in [-0.1, -0.05) is 35.9 Å². The van der Waals surface area contributed by atoms with Gasteiger partial charge in [-0.2, -0.15) is 0 Å². The number of hydrogen-bond donors (Lipinski definition) is 1. The van der Waals surface area contributed by atoms with Crippen molar-refractivity contribution >= 4 is 17.3 Å². The minimum absolute atomic E-state index is 0.0651. The predicted octanol–water partition coefficient (Wildman–Crippen LogP) is 4.70. The van der Waals surface area contributed by atoms with Crippen LogP contribution in [0.1, 0.15) is 27.0 Å². The Bertz CT molecular complexity index is 1190. The Morgan fingerprint density at radius 1 is 0.906 bits per heavy atom. The number of aliphatic carboxylic acids is 1. The van der Waals surface area contributed by atoms with Crippen LogP contribution in [0, 0.1) is 6.92 Å². The normalized spacial score (nSPS) is 12.8. The molecule has 0 unspecified atom stereocenters. The number of carboxylic acid groups (broad SMARTS) is 1. The van der Waals surface area contributed by atoms with Gasteiger partial charge in [0.2, 0.25) is 6.79 Å². The van der Waals surface area contributed by atoms with E-state index in [-0.39, 0.29) is 30.1 Å². The van der Waals surface area contributed by atoms with E-state index in [2.05, 4.69) is 0 Å². The number of hydrogen-bond acceptors (Lipinski definition) is 5. The molecule has 0 saturated carbocycles. The van der Waals surface area contributed by atoms with Crippen molar-refractivity contribution in [3.8, 4) is 17.2 Å². The molecule has 32 heavy (non-hydrogen) atoms. The van der Waals surface area contributed by atoms with E-state index in [9.17, 15) is 14.7 Å². The van der Waals surface area contributed by atoms with Crippen LogP contribution in [0.5, 0.6) is 17.2 Å². The summed E-state index contributed by atoms with van der Waals surface area (Å²) >= 11 is 0. The lowest BCUT2D eigenvalue weighted by atomic mass is 9.89. The van der Waals surface area contributed by atoms with E-state index in [1.54, 1.807) is 49.6 Å². The number of carbonyl (C=O) groups excluding carboxylic acids is 1. The molecule has 0 amide bonds. The molecule has 6 nitrogen and oxygen atoms in total. The van der Waals surface area contributed by atoms with E-state index in [0.717, 1.165) is 11.1 Å². The zero-order valence-electron chi connectivity index (χ0n) is 17.8. The number of fused-ring (bicyclic) bond motifs is 1. The van der Waals surface area contributed by atoms with Crippen LogP contribution in [0.2, 0.25) is 0 Å². The molecule has 0 aromatic heterocycles. The van der Waals surface area contributed by atoms with Gasteiger partial charge in [0, 0.05) is 17.6 Å². The Balaban J connectivity index is 1.85. The van der Waals surface area contributed by atoms with Gasteiger partial charge in [0.1, 0.15) is 5.75 Å².